The molecule has 2 atom stereocenters. The van der Waals surface area contributed by atoms with Crippen LogP contribution in [0.1, 0.15) is 33.1 Å². The lowest BCUT2D eigenvalue weighted by atomic mass is 10.0. The van der Waals surface area contributed by atoms with Gasteiger partial charge in [0.15, 0.2) is 0 Å². The van der Waals surface area contributed by atoms with E-state index in [1.165, 1.54) is 4.90 Å². The number of carbonyl (C=O) groups excluding carboxylic acids is 3. The van der Waals surface area contributed by atoms with E-state index in [0.717, 1.165) is 0 Å². The van der Waals surface area contributed by atoms with E-state index in [9.17, 15) is 14.4 Å². The molecule has 3 N–H and O–H groups in total. The molecule has 1 heterocycles. The van der Waals surface area contributed by atoms with Gasteiger partial charge in [-0.15, -0.1) is 0 Å². The minimum atomic E-state index is -0.525. The average molecular weight is 255 g/mol. The maximum absolute atomic E-state index is 12.0. The second-order valence-electron chi connectivity index (χ2n) is 4.74. The van der Waals surface area contributed by atoms with Crippen LogP contribution in [0.5, 0.6) is 0 Å². The number of imide groups is 1. The molecule has 2 unspecified atom stereocenters. The van der Waals surface area contributed by atoms with Crippen LogP contribution in [0.25, 0.3) is 0 Å². The van der Waals surface area contributed by atoms with E-state index >= 15 is 0 Å². The standard InChI is InChI=1S/C12H21N3O3/c1-3-9-12(18)14-10(16)7-15(9)11(17)5-4-8(2)6-13/h8-9H,3-7,13H2,1-2H3,(H,14,16,18). The number of hydrogen-bond donors (Lipinski definition) is 2. The fourth-order valence-corrected chi connectivity index (χ4v) is 1.97. The predicted octanol–water partition coefficient (Wildman–Crippen LogP) is -0.375. The largest absolute Gasteiger partial charge is 0.330 e. The highest BCUT2D eigenvalue weighted by atomic mass is 16.2. The predicted molar refractivity (Wildman–Crippen MR) is 66.4 cm³/mol. The zero-order valence-corrected chi connectivity index (χ0v) is 10.9. The average Bonchev–Trinajstić information content (AvgIpc) is 2.34. The summed E-state index contributed by atoms with van der Waals surface area (Å²) in [6.45, 7) is 4.30. The summed E-state index contributed by atoms with van der Waals surface area (Å²) in [7, 11) is 0. The molecule has 0 radical (unpaired) electrons. The number of nitrogens with zero attached hydrogens (tertiary/aromatic N) is 1. The monoisotopic (exact) mass is 255 g/mol. The van der Waals surface area contributed by atoms with Gasteiger partial charge in [0.25, 0.3) is 0 Å². The summed E-state index contributed by atoms with van der Waals surface area (Å²) >= 11 is 0. The molecule has 1 fully saturated rings. The Hall–Kier alpha value is -1.43. The van der Waals surface area contributed by atoms with Crippen molar-refractivity contribution < 1.29 is 14.4 Å². The molecule has 0 saturated carbocycles. The van der Waals surface area contributed by atoms with Gasteiger partial charge in [-0.1, -0.05) is 13.8 Å². The SMILES string of the molecule is CCC1C(=O)NC(=O)CN1C(=O)CCC(C)CN. The molecule has 1 aliphatic rings. The van der Waals surface area contributed by atoms with E-state index in [2.05, 4.69) is 5.32 Å². The van der Waals surface area contributed by atoms with Crippen LogP contribution in [0, 0.1) is 5.92 Å². The molecule has 1 aliphatic heterocycles. The Labute approximate surface area is 107 Å². The highest BCUT2D eigenvalue weighted by Crippen LogP contribution is 2.13. The Kier molecular flexibility index (Phi) is 5.27. The van der Waals surface area contributed by atoms with E-state index in [0.29, 0.717) is 25.8 Å². The topological polar surface area (TPSA) is 92.5 Å². The Morgan fingerprint density at radius 1 is 1.56 bits per heavy atom. The lowest BCUT2D eigenvalue weighted by molar-refractivity contribution is -0.150. The first kappa shape index (κ1) is 14.6. The first-order chi connectivity index (χ1) is 8.49. The van der Waals surface area contributed by atoms with Crippen LogP contribution >= 0.6 is 0 Å². The molecule has 18 heavy (non-hydrogen) atoms. The van der Waals surface area contributed by atoms with Crippen molar-refractivity contribution >= 4 is 17.7 Å². The third-order valence-corrected chi connectivity index (χ3v) is 3.22. The number of carbonyl (C=O) groups is 3. The number of nitrogens with one attached hydrogen (secondary N) is 1. The van der Waals surface area contributed by atoms with E-state index in [1.54, 1.807) is 0 Å². The zero-order valence-electron chi connectivity index (χ0n) is 10.9. The van der Waals surface area contributed by atoms with Crippen LogP contribution in [0.3, 0.4) is 0 Å². The highest BCUT2D eigenvalue weighted by Gasteiger charge is 2.35. The molecule has 1 saturated heterocycles. The minimum Gasteiger partial charge on any atom is -0.330 e. The third kappa shape index (κ3) is 3.53. The smallest absolute Gasteiger partial charge is 0.249 e. The second kappa shape index (κ2) is 6.49. The van der Waals surface area contributed by atoms with Crippen LogP contribution < -0.4 is 11.1 Å². The lowest BCUT2D eigenvalue weighted by Gasteiger charge is -2.33. The van der Waals surface area contributed by atoms with Gasteiger partial charge in [0, 0.05) is 6.42 Å². The third-order valence-electron chi connectivity index (χ3n) is 3.22. The number of nitrogens with two attached hydrogens (primary N) is 1. The van der Waals surface area contributed by atoms with Crippen LogP contribution in [0.15, 0.2) is 0 Å². The van der Waals surface area contributed by atoms with E-state index in [4.69, 9.17) is 5.73 Å². The van der Waals surface area contributed by atoms with Crippen LogP contribution in [-0.2, 0) is 14.4 Å². The zero-order chi connectivity index (χ0) is 13.7. The summed E-state index contributed by atoms with van der Waals surface area (Å²) < 4.78 is 0. The molecule has 0 spiro atoms. The second-order valence-corrected chi connectivity index (χ2v) is 4.74. The molecule has 102 valence electrons. The number of piperazine rings is 1. The fourth-order valence-electron chi connectivity index (χ4n) is 1.97. The Balaban J connectivity index is 2.63. The molecule has 6 heteroatoms. The van der Waals surface area contributed by atoms with Crippen molar-refractivity contribution in [2.45, 2.75) is 39.2 Å². The van der Waals surface area contributed by atoms with Crippen LogP contribution in [0.4, 0.5) is 0 Å². The summed E-state index contributed by atoms with van der Waals surface area (Å²) in [6.07, 6.45) is 1.52. The Morgan fingerprint density at radius 3 is 2.78 bits per heavy atom. The van der Waals surface area contributed by atoms with Crippen molar-refractivity contribution in [3.8, 4) is 0 Å². The van der Waals surface area contributed by atoms with Crippen molar-refractivity contribution in [2.24, 2.45) is 11.7 Å². The summed E-state index contributed by atoms with van der Waals surface area (Å²) in [5.74, 6) is -0.674. The van der Waals surface area contributed by atoms with E-state index in [-0.39, 0.29) is 24.3 Å². The summed E-state index contributed by atoms with van der Waals surface area (Å²) in [4.78, 5) is 36.3. The molecule has 0 aromatic heterocycles. The van der Waals surface area contributed by atoms with E-state index in [1.807, 2.05) is 13.8 Å². The molecular weight excluding hydrogens is 234 g/mol. The van der Waals surface area contributed by atoms with Crippen molar-refractivity contribution in [1.82, 2.24) is 10.2 Å². The molecule has 0 bridgehead atoms. The van der Waals surface area contributed by atoms with Gasteiger partial charge in [0.2, 0.25) is 17.7 Å². The van der Waals surface area contributed by atoms with Crippen molar-refractivity contribution in [2.75, 3.05) is 13.1 Å². The maximum atomic E-state index is 12.0. The van der Waals surface area contributed by atoms with Gasteiger partial charge in [-0.3, -0.25) is 19.7 Å². The molecular formula is C12H21N3O3. The van der Waals surface area contributed by atoms with Gasteiger partial charge >= 0.3 is 0 Å². The van der Waals surface area contributed by atoms with Crippen molar-refractivity contribution in [3.63, 3.8) is 0 Å². The fraction of sp³-hybridized carbons (Fsp3) is 0.750. The van der Waals surface area contributed by atoms with E-state index < -0.39 is 11.9 Å². The van der Waals surface area contributed by atoms with Gasteiger partial charge in [0.1, 0.15) is 12.6 Å². The minimum absolute atomic E-state index is 0.0277. The molecule has 0 aliphatic carbocycles. The molecule has 6 nitrogen and oxygen atoms in total. The lowest BCUT2D eigenvalue weighted by Crippen LogP contribution is -2.59. The Bertz CT molecular complexity index is 343. The van der Waals surface area contributed by atoms with Crippen molar-refractivity contribution in [3.05, 3.63) is 0 Å². The number of rotatable bonds is 5. The van der Waals surface area contributed by atoms with Gasteiger partial charge < -0.3 is 10.6 Å². The summed E-state index contributed by atoms with van der Waals surface area (Å²) in [5, 5.41) is 2.25. The number of hydrogen-bond acceptors (Lipinski definition) is 4. The normalized spacial score (nSPS) is 21.7. The molecule has 0 aromatic rings. The molecule has 1 rings (SSSR count). The summed E-state index contributed by atoms with van der Waals surface area (Å²) in [5.41, 5.74) is 5.49. The van der Waals surface area contributed by atoms with Gasteiger partial charge in [-0.05, 0) is 25.3 Å². The van der Waals surface area contributed by atoms with Crippen molar-refractivity contribution in [1.29, 1.82) is 0 Å². The van der Waals surface area contributed by atoms with Gasteiger partial charge in [0.05, 0.1) is 0 Å². The number of amides is 3. The van der Waals surface area contributed by atoms with Gasteiger partial charge in [-0.2, -0.15) is 0 Å². The first-order valence-corrected chi connectivity index (χ1v) is 6.32. The first-order valence-electron chi connectivity index (χ1n) is 6.32. The maximum Gasteiger partial charge on any atom is 0.249 e. The quantitative estimate of drug-likeness (QED) is 0.655. The highest BCUT2D eigenvalue weighted by molar-refractivity contribution is 6.04. The Morgan fingerprint density at radius 2 is 2.22 bits per heavy atom. The summed E-state index contributed by atoms with van der Waals surface area (Å²) in [6, 6.07) is -0.525. The molecule has 3 amide bonds. The van der Waals surface area contributed by atoms with Gasteiger partial charge in [-0.25, -0.2) is 0 Å². The molecule has 0 aromatic carbocycles. The van der Waals surface area contributed by atoms with Crippen LogP contribution in [-0.4, -0.2) is 41.8 Å². The van der Waals surface area contributed by atoms with Crippen LogP contribution in [0.2, 0.25) is 0 Å².